The lowest BCUT2D eigenvalue weighted by Gasteiger charge is -2.30. The summed E-state index contributed by atoms with van der Waals surface area (Å²) in [6, 6.07) is 7.47. The van der Waals surface area contributed by atoms with E-state index < -0.39 is 0 Å². The van der Waals surface area contributed by atoms with Crippen molar-refractivity contribution in [3.63, 3.8) is 0 Å². The van der Waals surface area contributed by atoms with Gasteiger partial charge in [-0.15, -0.1) is 0 Å². The van der Waals surface area contributed by atoms with E-state index in [1.54, 1.807) is 13.2 Å². The second kappa shape index (κ2) is 5.19. The molecule has 1 aliphatic rings. The lowest BCUT2D eigenvalue weighted by molar-refractivity contribution is 0.0653. The smallest absolute Gasteiger partial charge is 0.289 e. The maximum atomic E-state index is 12.5. The van der Waals surface area contributed by atoms with E-state index >= 15 is 0 Å². The Labute approximate surface area is 118 Å². The third-order valence-electron chi connectivity index (χ3n) is 3.88. The SMILES string of the molecule is COc1cccc2cc(C(=O)N3CCC[C@@H](C)C3)oc12. The Morgan fingerprint density at radius 3 is 3.05 bits per heavy atom. The predicted molar refractivity (Wildman–Crippen MR) is 77.1 cm³/mol. The van der Waals surface area contributed by atoms with Gasteiger partial charge in [-0.2, -0.15) is 0 Å². The number of fused-ring (bicyclic) bond motifs is 1. The summed E-state index contributed by atoms with van der Waals surface area (Å²) in [5.41, 5.74) is 0.642. The standard InChI is InChI=1S/C16H19NO3/c1-11-5-4-8-17(10-11)16(18)14-9-12-6-3-7-13(19-2)15(12)20-14/h3,6-7,9,11H,4-5,8,10H2,1-2H3/t11-/m1/s1. The summed E-state index contributed by atoms with van der Waals surface area (Å²) in [7, 11) is 1.60. The summed E-state index contributed by atoms with van der Waals surface area (Å²) in [5, 5.41) is 0.901. The minimum absolute atomic E-state index is 0.0187. The van der Waals surface area contributed by atoms with Crippen molar-refractivity contribution in [1.29, 1.82) is 0 Å². The second-order valence-electron chi connectivity index (χ2n) is 5.49. The number of nitrogens with zero attached hydrogens (tertiary/aromatic N) is 1. The maximum Gasteiger partial charge on any atom is 0.289 e. The van der Waals surface area contributed by atoms with Crippen LogP contribution in [0.3, 0.4) is 0 Å². The van der Waals surface area contributed by atoms with E-state index in [1.807, 2.05) is 23.1 Å². The van der Waals surface area contributed by atoms with Gasteiger partial charge in [-0.05, 0) is 30.9 Å². The summed E-state index contributed by atoms with van der Waals surface area (Å²) in [6.07, 6.45) is 2.26. The number of benzene rings is 1. The number of para-hydroxylation sites is 1. The third kappa shape index (κ3) is 2.26. The highest BCUT2D eigenvalue weighted by molar-refractivity contribution is 5.97. The number of hydrogen-bond acceptors (Lipinski definition) is 3. The van der Waals surface area contributed by atoms with Gasteiger partial charge >= 0.3 is 0 Å². The van der Waals surface area contributed by atoms with Crippen molar-refractivity contribution >= 4 is 16.9 Å². The molecule has 0 saturated carbocycles. The van der Waals surface area contributed by atoms with Crippen LogP contribution in [0, 0.1) is 5.92 Å². The van der Waals surface area contributed by atoms with Crippen LogP contribution in [0.4, 0.5) is 0 Å². The average molecular weight is 273 g/mol. The molecule has 1 fully saturated rings. The lowest BCUT2D eigenvalue weighted by atomic mass is 10.0. The largest absolute Gasteiger partial charge is 0.493 e. The van der Waals surface area contributed by atoms with E-state index in [1.165, 1.54) is 6.42 Å². The third-order valence-corrected chi connectivity index (χ3v) is 3.88. The molecule has 0 radical (unpaired) electrons. The van der Waals surface area contributed by atoms with Crippen molar-refractivity contribution in [2.24, 2.45) is 5.92 Å². The fourth-order valence-corrected chi connectivity index (χ4v) is 2.83. The molecule has 4 nitrogen and oxygen atoms in total. The number of carbonyl (C=O) groups excluding carboxylic acids is 1. The first-order valence-corrected chi connectivity index (χ1v) is 7.05. The molecule has 2 aromatic rings. The molecule has 106 valence electrons. The highest BCUT2D eigenvalue weighted by Crippen LogP contribution is 2.29. The van der Waals surface area contributed by atoms with Crippen LogP contribution in [0.1, 0.15) is 30.3 Å². The van der Waals surface area contributed by atoms with Crippen LogP contribution < -0.4 is 4.74 Å². The summed E-state index contributed by atoms with van der Waals surface area (Å²) < 4.78 is 11.0. The van der Waals surface area contributed by atoms with E-state index in [0.717, 1.165) is 24.9 Å². The Morgan fingerprint density at radius 2 is 2.30 bits per heavy atom. The molecule has 1 aromatic heterocycles. The van der Waals surface area contributed by atoms with Crippen LogP contribution >= 0.6 is 0 Å². The Morgan fingerprint density at radius 1 is 1.45 bits per heavy atom. The van der Waals surface area contributed by atoms with Gasteiger partial charge in [0.05, 0.1) is 7.11 Å². The molecule has 20 heavy (non-hydrogen) atoms. The molecule has 4 heteroatoms. The number of carbonyl (C=O) groups is 1. The summed E-state index contributed by atoms with van der Waals surface area (Å²) >= 11 is 0. The zero-order valence-corrected chi connectivity index (χ0v) is 11.9. The van der Waals surface area contributed by atoms with Crippen LogP contribution in [-0.2, 0) is 0 Å². The normalized spacial score (nSPS) is 19.3. The number of likely N-dealkylation sites (tertiary alicyclic amines) is 1. The van der Waals surface area contributed by atoms with Crippen LogP contribution in [0.15, 0.2) is 28.7 Å². The molecule has 0 unspecified atom stereocenters. The minimum Gasteiger partial charge on any atom is -0.493 e. The van der Waals surface area contributed by atoms with Gasteiger partial charge < -0.3 is 14.1 Å². The average Bonchev–Trinajstić information content (AvgIpc) is 2.90. The lowest BCUT2D eigenvalue weighted by Crippen LogP contribution is -2.38. The van der Waals surface area contributed by atoms with Crippen molar-refractivity contribution in [1.82, 2.24) is 4.90 Å². The molecular formula is C16H19NO3. The fraction of sp³-hybridized carbons (Fsp3) is 0.438. The van der Waals surface area contributed by atoms with Crippen molar-refractivity contribution in [2.45, 2.75) is 19.8 Å². The highest BCUT2D eigenvalue weighted by Gasteiger charge is 2.25. The molecule has 1 aromatic carbocycles. The molecule has 1 saturated heterocycles. The van der Waals surface area contributed by atoms with Crippen LogP contribution in [0.25, 0.3) is 11.0 Å². The first-order valence-electron chi connectivity index (χ1n) is 7.05. The van der Waals surface area contributed by atoms with E-state index in [-0.39, 0.29) is 5.91 Å². The van der Waals surface area contributed by atoms with E-state index in [2.05, 4.69) is 6.92 Å². The topological polar surface area (TPSA) is 42.7 Å². The zero-order valence-electron chi connectivity index (χ0n) is 11.9. The molecule has 1 aliphatic heterocycles. The number of piperidine rings is 1. The summed E-state index contributed by atoms with van der Waals surface area (Å²) in [6.45, 7) is 3.81. The van der Waals surface area contributed by atoms with E-state index in [0.29, 0.717) is 23.0 Å². The van der Waals surface area contributed by atoms with Crippen molar-refractivity contribution in [3.05, 3.63) is 30.0 Å². The summed E-state index contributed by atoms with van der Waals surface area (Å²) in [4.78, 5) is 14.4. The predicted octanol–water partition coefficient (Wildman–Crippen LogP) is 3.31. The number of ether oxygens (including phenoxy) is 1. The molecule has 0 spiro atoms. The molecule has 0 bridgehead atoms. The van der Waals surface area contributed by atoms with Crippen LogP contribution in [0.5, 0.6) is 5.75 Å². The van der Waals surface area contributed by atoms with Gasteiger partial charge in [0.1, 0.15) is 0 Å². The van der Waals surface area contributed by atoms with Gasteiger partial charge in [-0.3, -0.25) is 4.79 Å². The Balaban J connectivity index is 1.92. The quantitative estimate of drug-likeness (QED) is 0.843. The first kappa shape index (κ1) is 13.0. The molecule has 1 amide bonds. The molecule has 3 rings (SSSR count). The Hall–Kier alpha value is -1.97. The number of rotatable bonds is 2. The van der Waals surface area contributed by atoms with Gasteiger partial charge in [0.25, 0.3) is 5.91 Å². The van der Waals surface area contributed by atoms with Crippen LogP contribution in [0.2, 0.25) is 0 Å². The maximum absolute atomic E-state index is 12.5. The van der Waals surface area contributed by atoms with Gasteiger partial charge in [0.2, 0.25) is 0 Å². The molecular weight excluding hydrogens is 254 g/mol. The van der Waals surface area contributed by atoms with Gasteiger partial charge in [-0.25, -0.2) is 0 Å². The summed E-state index contributed by atoms with van der Waals surface area (Å²) in [5.74, 6) is 1.61. The number of furan rings is 1. The Bertz CT molecular complexity index is 632. The van der Waals surface area contributed by atoms with Gasteiger partial charge in [0.15, 0.2) is 17.1 Å². The van der Waals surface area contributed by atoms with Gasteiger partial charge in [-0.1, -0.05) is 19.1 Å². The molecule has 0 N–H and O–H groups in total. The molecule has 1 atom stereocenters. The number of methoxy groups -OCH3 is 1. The molecule has 2 heterocycles. The van der Waals surface area contributed by atoms with Gasteiger partial charge in [0, 0.05) is 18.5 Å². The zero-order chi connectivity index (χ0) is 14.1. The fourth-order valence-electron chi connectivity index (χ4n) is 2.83. The van der Waals surface area contributed by atoms with Crippen LogP contribution in [-0.4, -0.2) is 31.0 Å². The van der Waals surface area contributed by atoms with E-state index in [4.69, 9.17) is 9.15 Å². The number of hydrogen-bond donors (Lipinski definition) is 0. The molecule has 0 aliphatic carbocycles. The van der Waals surface area contributed by atoms with E-state index in [9.17, 15) is 4.79 Å². The number of amides is 1. The second-order valence-corrected chi connectivity index (χ2v) is 5.49. The minimum atomic E-state index is -0.0187. The Kier molecular flexibility index (Phi) is 3.38. The monoisotopic (exact) mass is 273 g/mol. The first-order chi connectivity index (χ1) is 9.69. The van der Waals surface area contributed by atoms with Crippen molar-refractivity contribution in [2.75, 3.05) is 20.2 Å². The highest BCUT2D eigenvalue weighted by atomic mass is 16.5. The van der Waals surface area contributed by atoms with Crippen molar-refractivity contribution < 1.29 is 13.9 Å². The van der Waals surface area contributed by atoms with Crippen molar-refractivity contribution in [3.8, 4) is 5.75 Å².